The zero-order valence-electron chi connectivity index (χ0n) is 11.1. The second kappa shape index (κ2) is 5.50. The predicted molar refractivity (Wildman–Crippen MR) is 80.2 cm³/mol. The summed E-state index contributed by atoms with van der Waals surface area (Å²) in [5.74, 6) is 0.472. The molecule has 21 heavy (non-hydrogen) atoms. The number of rotatable bonds is 3. The third-order valence-electron chi connectivity index (χ3n) is 3.06. The summed E-state index contributed by atoms with van der Waals surface area (Å²) in [7, 11) is 0. The quantitative estimate of drug-likeness (QED) is 0.795. The summed E-state index contributed by atoms with van der Waals surface area (Å²) in [5.41, 5.74) is 1.38. The molecule has 5 nitrogen and oxygen atoms in total. The van der Waals surface area contributed by atoms with Gasteiger partial charge in [-0.05, 0) is 24.3 Å². The van der Waals surface area contributed by atoms with Crippen LogP contribution < -0.4 is 4.90 Å². The highest BCUT2D eigenvalue weighted by Crippen LogP contribution is 2.27. The van der Waals surface area contributed by atoms with Crippen LogP contribution >= 0.6 is 0 Å². The van der Waals surface area contributed by atoms with Crippen LogP contribution in [-0.2, 0) is 0 Å². The van der Waals surface area contributed by atoms with E-state index in [1.54, 1.807) is 41.2 Å². The van der Waals surface area contributed by atoms with Gasteiger partial charge in [0.05, 0.1) is 17.6 Å². The van der Waals surface area contributed by atoms with Crippen molar-refractivity contribution in [3.05, 3.63) is 72.9 Å². The van der Waals surface area contributed by atoms with Crippen LogP contribution in [0.4, 0.5) is 16.3 Å². The molecule has 3 rings (SSSR count). The third-order valence-corrected chi connectivity index (χ3v) is 3.06. The molecule has 0 fully saturated rings. The third kappa shape index (κ3) is 2.49. The van der Waals surface area contributed by atoms with Crippen LogP contribution in [0.3, 0.4) is 0 Å². The molecule has 0 saturated carbocycles. The first-order valence-corrected chi connectivity index (χ1v) is 6.45. The van der Waals surface area contributed by atoms with Crippen molar-refractivity contribution in [1.29, 1.82) is 0 Å². The smallest absolute Gasteiger partial charge is 0.417 e. The molecule has 0 aliphatic carbocycles. The van der Waals surface area contributed by atoms with Crippen LogP contribution in [0.15, 0.2) is 72.9 Å². The highest BCUT2D eigenvalue weighted by atomic mass is 16.4. The van der Waals surface area contributed by atoms with Crippen LogP contribution in [-0.4, -0.2) is 21.0 Å². The highest BCUT2D eigenvalue weighted by Gasteiger charge is 2.21. The minimum atomic E-state index is -1.06. The zero-order valence-corrected chi connectivity index (χ0v) is 11.1. The lowest BCUT2D eigenvalue weighted by atomic mass is 10.3. The molecule has 3 aromatic rings. The van der Waals surface area contributed by atoms with Gasteiger partial charge in [0, 0.05) is 6.07 Å². The number of hydrogen-bond acceptors (Lipinski definition) is 2. The average molecular weight is 279 g/mol. The van der Waals surface area contributed by atoms with E-state index in [1.807, 2.05) is 36.4 Å². The second-order valence-electron chi connectivity index (χ2n) is 4.39. The van der Waals surface area contributed by atoms with Gasteiger partial charge in [0.25, 0.3) is 0 Å². The van der Waals surface area contributed by atoms with Gasteiger partial charge in [-0.15, -0.1) is 0 Å². The molecule has 1 amide bonds. The SMILES string of the molecule is O=C(O)N(c1ccccc1)c1ccnn1-c1ccccc1. The largest absolute Gasteiger partial charge is 0.464 e. The predicted octanol–water partition coefficient (Wildman–Crippen LogP) is 3.69. The second-order valence-corrected chi connectivity index (χ2v) is 4.39. The first kappa shape index (κ1) is 12.9. The first-order chi connectivity index (χ1) is 10.3. The lowest BCUT2D eigenvalue weighted by Gasteiger charge is -2.20. The topological polar surface area (TPSA) is 58.4 Å². The summed E-state index contributed by atoms with van der Waals surface area (Å²) >= 11 is 0. The number of hydrogen-bond donors (Lipinski definition) is 1. The van der Waals surface area contributed by atoms with Gasteiger partial charge in [0.15, 0.2) is 0 Å². The van der Waals surface area contributed by atoms with E-state index in [1.165, 1.54) is 4.90 Å². The van der Waals surface area contributed by atoms with Crippen LogP contribution in [0.5, 0.6) is 0 Å². The van der Waals surface area contributed by atoms with Crippen molar-refractivity contribution in [3.8, 4) is 5.69 Å². The molecule has 104 valence electrons. The van der Waals surface area contributed by atoms with E-state index in [0.29, 0.717) is 11.5 Å². The normalized spacial score (nSPS) is 10.3. The standard InChI is InChI=1S/C16H13N3O2/c20-16(21)18(13-7-3-1-4-8-13)15-11-12-17-19(15)14-9-5-2-6-10-14/h1-12H,(H,20,21). The van der Waals surface area contributed by atoms with Crippen molar-refractivity contribution in [2.45, 2.75) is 0 Å². The number of carbonyl (C=O) groups is 1. The van der Waals surface area contributed by atoms with Gasteiger partial charge in [-0.2, -0.15) is 5.10 Å². The Labute approximate surface area is 121 Å². The Morgan fingerprint density at radius 1 is 0.952 bits per heavy atom. The summed E-state index contributed by atoms with van der Waals surface area (Å²) in [6.45, 7) is 0. The fraction of sp³-hybridized carbons (Fsp3) is 0. The van der Waals surface area contributed by atoms with Gasteiger partial charge in [-0.25, -0.2) is 14.4 Å². The van der Waals surface area contributed by atoms with Gasteiger partial charge in [-0.3, -0.25) is 0 Å². The number of nitrogens with zero attached hydrogens (tertiary/aromatic N) is 3. The van der Waals surface area contributed by atoms with Gasteiger partial charge in [0.1, 0.15) is 5.82 Å². The fourth-order valence-electron chi connectivity index (χ4n) is 2.15. The number of para-hydroxylation sites is 2. The number of aromatic nitrogens is 2. The molecule has 0 unspecified atom stereocenters. The molecule has 1 heterocycles. The van der Waals surface area contributed by atoms with E-state index in [-0.39, 0.29) is 0 Å². The van der Waals surface area contributed by atoms with E-state index in [4.69, 9.17) is 0 Å². The van der Waals surface area contributed by atoms with Crippen molar-refractivity contribution < 1.29 is 9.90 Å². The summed E-state index contributed by atoms with van der Waals surface area (Å²) in [6.07, 6.45) is 0.528. The van der Waals surface area contributed by atoms with E-state index in [9.17, 15) is 9.90 Å². The minimum absolute atomic E-state index is 0.472. The van der Waals surface area contributed by atoms with E-state index in [2.05, 4.69) is 5.10 Å². The van der Waals surface area contributed by atoms with Crippen LogP contribution in [0.25, 0.3) is 5.69 Å². The molecular weight excluding hydrogens is 266 g/mol. The molecule has 0 radical (unpaired) electrons. The maximum absolute atomic E-state index is 11.7. The summed E-state index contributed by atoms with van der Waals surface area (Å²) in [6, 6.07) is 20.0. The summed E-state index contributed by atoms with van der Waals surface area (Å²) < 4.78 is 1.60. The number of benzene rings is 2. The molecule has 0 aliphatic heterocycles. The Kier molecular flexibility index (Phi) is 3.39. The maximum Gasteiger partial charge on any atom is 0.417 e. The van der Waals surface area contributed by atoms with Gasteiger partial charge in [-0.1, -0.05) is 36.4 Å². The summed E-state index contributed by atoms with van der Waals surface area (Å²) in [4.78, 5) is 12.9. The van der Waals surface area contributed by atoms with E-state index in [0.717, 1.165) is 5.69 Å². The Balaban J connectivity index is 2.11. The molecule has 1 aromatic heterocycles. The Morgan fingerprint density at radius 2 is 1.57 bits per heavy atom. The molecule has 1 N–H and O–H groups in total. The molecular formula is C16H13N3O2. The molecule has 0 spiro atoms. The van der Waals surface area contributed by atoms with Crippen LogP contribution in [0.1, 0.15) is 0 Å². The van der Waals surface area contributed by atoms with Crippen molar-refractivity contribution >= 4 is 17.6 Å². The summed E-state index contributed by atoms with van der Waals surface area (Å²) in [5, 5.41) is 13.8. The number of carboxylic acid groups (broad SMARTS) is 1. The number of anilines is 2. The Hall–Kier alpha value is -3.08. The Bertz CT molecular complexity index is 738. The van der Waals surface area contributed by atoms with E-state index >= 15 is 0 Å². The van der Waals surface area contributed by atoms with Gasteiger partial charge < -0.3 is 5.11 Å². The van der Waals surface area contributed by atoms with Gasteiger partial charge >= 0.3 is 6.09 Å². The van der Waals surface area contributed by atoms with Gasteiger partial charge in [0.2, 0.25) is 0 Å². The monoisotopic (exact) mass is 279 g/mol. The lowest BCUT2D eigenvalue weighted by Crippen LogP contribution is -2.26. The molecule has 0 saturated heterocycles. The van der Waals surface area contributed by atoms with Crippen LogP contribution in [0, 0.1) is 0 Å². The lowest BCUT2D eigenvalue weighted by molar-refractivity contribution is 0.204. The molecule has 0 bridgehead atoms. The zero-order chi connectivity index (χ0) is 14.7. The highest BCUT2D eigenvalue weighted by molar-refractivity contribution is 5.94. The molecule has 5 heteroatoms. The van der Waals surface area contributed by atoms with Crippen molar-refractivity contribution in [2.75, 3.05) is 4.90 Å². The minimum Gasteiger partial charge on any atom is -0.464 e. The average Bonchev–Trinajstić information content (AvgIpc) is 2.98. The van der Waals surface area contributed by atoms with Crippen molar-refractivity contribution in [1.82, 2.24) is 9.78 Å². The molecule has 2 aromatic carbocycles. The van der Waals surface area contributed by atoms with Crippen molar-refractivity contribution in [2.24, 2.45) is 0 Å². The molecule has 0 aliphatic rings. The molecule has 0 atom stereocenters. The van der Waals surface area contributed by atoms with Crippen molar-refractivity contribution in [3.63, 3.8) is 0 Å². The first-order valence-electron chi connectivity index (χ1n) is 6.45. The van der Waals surface area contributed by atoms with Crippen LogP contribution in [0.2, 0.25) is 0 Å². The Morgan fingerprint density at radius 3 is 2.19 bits per heavy atom. The maximum atomic E-state index is 11.7. The fourth-order valence-corrected chi connectivity index (χ4v) is 2.15. The van der Waals surface area contributed by atoms with E-state index < -0.39 is 6.09 Å². The number of amides is 1.